The number of aryl methyl sites for hydroxylation is 1. The number of allylic oxidation sites excluding steroid dienone is 1. The number of hydrogen-bond acceptors (Lipinski definition) is 6. The van der Waals surface area contributed by atoms with E-state index in [2.05, 4.69) is 10.6 Å². The van der Waals surface area contributed by atoms with Crippen LogP contribution in [0.2, 0.25) is 0 Å². The van der Waals surface area contributed by atoms with E-state index in [9.17, 15) is 19.2 Å². The van der Waals surface area contributed by atoms with Crippen LogP contribution in [0, 0.1) is 6.92 Å². The maximum Gasteiger partial charge on any atom is 0.337 e. The van der Waals surface area contributed by atoms with Crippen LogP contribution in [0.1, 0.15) is 39.9 Å². The molecule has 9 nitrogen and oxygen atoms in total. The summed E-state index contributed by atoms with van der Waals surface area (Å²) in [5.74, 6) is -1.34. The molecule has 1 amide bonds. The molecular weight excluding hydrogens is 448 g/mol. The lowest BCUT2D eigenvalue weighted by atomic mass is 9.81. The van der Waals surface area contributed by atoms with Crippen molar-refractivity contribution in [2.75, 3.05) is 17.7 Å². The summed E-state index contributed by atoms with van der Waals surface area (Å²) in [7, 11) is 4.26. The number of methoxy groups -OCH3 is 1. The van der Waals surface area contributed by atoms with Gasteiger partial charge in [0.05, 0.1) is 24.2 Å². The molecule has 1 aromatic heterocycles. The maximum atomic E-state index is 13.6. The molecular formula is C26H26N4O5. The molecule has 2 N–H and O–H groups in total. The fraction of sp³-hybridized carbons (Fsp3) is 0.231. The molecule has 1 unspecified atom stereocenters. The Labute approximate surface area is 201 Å². The number of carbonyl (C=O) groups excluding carboxylic acids is 2. The van der Waals surface area contributed by atoms with Gasteiger partial charge in [0, 0.05) is 31.1 Å². The molecule has 0 saturated carbocycles. The Morgan fingerprint density at radius 3 is 2.26 bits per heavy atom. The molecule has 9 heteroatoms. The molecule has 0 fully saturated rings. The third-order valence-electron chi connectivity index (χ3n) is 6.29. The fourth-order valence-corrected chi connectivity index (χ4v) is 4.35. The molecule has 1 aliphatic heterocycles. The highest BCUT2D eigenvalue weighted by atomic mass is 16.5. The van der Waals surface area contributed by atoms with Gasteiger partial charge in [0.25, 0.3) is 11.5 Å². The number of rotatable bonds is 4. The molecule has 1 aliphatic rings. The second kappa shape index (κ2) is 9.09. The van der Waals surface area contributed by atoms with E-state index in [0.717, 1.165) is 10.1 Å². The van der Waals surface area contributed by atoms with Crippen molar-refractivity contribution < 1.29 is 14.3 Å². The zero-order chi connectivity index (χ0) is 25.4. The molecule has 3 aromatic rings. The molecule has 1 atom stereocenters. The van der Waals surface area contributed by atoms with Gasteiger partial charge in [-0.05, 0) is 43.2 Å². The highest BCUT2D eigenvalue weighted by Crippen LogP contribution is 2.40. The smallest absolute Gasteiger partial charge is 0.337 e. The third-order valence-corrected chi connectivity index (χ3v) is 6.29. The van der Waals surface area contributed by atoms with Crippen molar-refractivity contribution in [2.45, 2.75) is 19.8 Å². The first-order valence-corrected chi connectivity index (χ1v) is 11.0. The zero-order valence-electron chi connectivity index (χ0n) is 20.1. The number of nitrogens with one attached hydrogen (secondary N) is 2. The quantitative estimate of drug-likeness (QED) is 0.563. The monoisotopic (exact) mass is 474 g/mol. The minimum atomic E-state index is -0.785. The molecule has 0 saturated heterocycles. The summed E-state index contributed by atoms with van der Waals surface area (Å²) in [5, 5.41) is 6.05. The summed E-state index contributed by atoms with van der Waals surface area (Å²) in [6.45, 7) is 3.62. The van der Waals surface area contributed by atoms with Crippen LogP contribution in [0.25, 0.3) is 0 Å². The van der Waals surface area contributed by atoms with E-state index >= 15 is 0 Å². The van der Waals surface area contributed by atoms with Gasteiger partial charge < -0.3 is 15.4 Å². The minimum absolute atomic E-state index is 0.265. The Morgan fingerprint density at radius 2 is 1.63 bits per heavy atom. The average Bonchev–Trinajstić information content (AvgIpc) is 2.86. The average molecular weight is 475 g/mol. The van der Waals surface area contributed by atoms with Crippen LogP contribution < -0.4 is 21.9 Å². The molecule has 2 aromatic carbocycles. The number of amides is 1. The summed E-state index contributed by atoms with van der Waals surface area (Å²) in [5.41, 5.74) is 2.61. The van der Waals surface area contributed by atoms with Crippen molar-refractivity contribution in [1.82, 2.24) is 9.13 Å². The van der Waals surface area contributed by atoms with Crippen LogP contribution in [0.4, 0.5) is 11.5 Å². The predicted octanol–water partition coefficient (Wildman–Crippen LogP) is 2.65. The lowest BCUT2D eigenvalue weighted by Gasteiger charge is -2.31. The number of fused-ring (bicyclic) bond motifs is 1. The Morgan fingerprint density at radius 1 is 0.971 bits per heavy atom. The Hall–Kier alpha value is -4.40. The summed E-state index contributed by atoms with van der Waals surface area (Å²) >= 11 is 0. The minimum Gasteiger partial charge on any atom is -0.465 e. The van der Waals surface area contributed by atoms with Gasteiger partial charge in [-0.15, -0.1) is 0 Å². The van der Waals surface area contributed by atoms with Crippen LogP contribution >= 0.6 is 0 Å². The van der Waals surface area contributed by atoms with Gasteiger partial charge in [-0.1, -0.05) is 30.3 Å². The van der Waals surface area contributed by atoms with Gasteiger partial charge in [-0.2, -0.15) is 0 Å². The van der Waals surface area contributed by atoms with Crippen molar-refractivity contribution in [3.05, 3.63) is 103 Å². The van der Waals surface area contributed by atoms with E-state index in [-0.39, 0.29) is 11.5 Å². The van der Waals surface area contributed by atoms with E-state index < -0.39 is 23.1 Å². The van der Waals surface area contributed by atoms with Crippen LogP contribution in [0.3, 0.4) is 0 Å². The maximum absolute atomic E-state index is 13.6. The molecule has 2 heterocycles. The van der Waals surface area contributed by atoms with Crippen LogP contribution in [-0.4, -0.2) is 28.1 Å². The van der Waals surface area contributed by atoms with Gasteiger partial charge in [0.15, 0.2) is 0 Å². The summed E-state index contributed by atoms with van der Waals surface area (Å²) in [4.78, 5) is 51.5. The first-order valence-electron chi connectivity index (χ1n) is 11.0. The number of nitrogens with zero attached hydrogens (tertiary/aromatic N) is 2. The molecule has 0 radical (unpaired) electrons. The largest absolute Gasteiger partial charge is 0.465 e. The molecule has 180 valence electrons. The highest BCUT2D eigenvalue weighted by Gasteiger charge is 2.36. The van der Waals surface area contributed by atoms with Crippen LogP contribution in [0.5, 0.6) is 0 Å². The van der Waals surface area contributed by atoms with Crippen molar-refractivity contribution in [1.29, 1.82) is 0 Å². The number of hydrogen-bond donors (Lipinski definition) is 2. The van der Waals surface area contributed by atoms with Crippen LogP contribution in [-0.2, 0) is 23.6 Å². The summed E-state index contributed by atoms with van der Waals surface area (Å²) in [6, 6.07) is 13.9. The molecule has 35 heavy (non-hydrogen) atoms. The lowest BCUT2D eigenvalue weighted by molar-refractivity contribution is -0.113. The fourth-order valence-electron chi connectivity index (χ4n) is 4.35. The van der Waals surface area contributed by atoms with Gasteiger partial charge >= 0.3 is 11.7 Å². The normalized spacial score (nSPS) is 14.7. The van der Waals surface area contributed by atoms with Gasteiger partial charge in [0.2, 0.25) is 0 Å². The van der Waals surface area contributed by atoms with Crippen LogP contribution in [0.15, 0.2) is 69.4 Å². The molecule has 4 rings (SSSR count). The Bertz CT molecular complexity index is 1500. The third kappa shape index (κ3) is 4.05. The topological polar surface area (TPSA) is 111 Å². The Kier molecular flexibility index (Phi) is 6.17. The predicted molar refractivity (Wildman–Crippen MR) is 133 cm³/mol. The standard InChI is InChI=1S/C26H26N4O5/c1-14-8-6-7-9-18(14)28-23(31)19-15(2)27-22-21(24(32)30(4)26(34)29(22)3)20(19)16-10-12-17(13-11-16)25(33)35-5/h6-13,20,27H,1-5H3,(H,28,31). The number of aromatic nitrogens is 2. The van der Waals surface area contributed by atoms with Crippen molar-refractivity contribution >= 4 is 23.4 Å². The van der Waals surface area contributed by atoms with Gasteiger partial charge in [-0.25, -0.2) is 9.59 Å². The first-order chi connectivity index (χ1) is 16.6. The van der Waals surface area contributed by atoms with E-state index in [1.807, 2.05) is 25.1 Å². The lowest BCUT2D eigenvalue weighted by Crippen LogP contribution is -2.43. The molecule has 0 bridgehead atoms. The van der Waals surface area contributed by atoms with Crippen molar-refractivity contribution in [3.63, 3.8) is 0 Å². The first kappa shape index (κ1) is 23.7. The molecule has 0 aliphatic carbocycles. The van der Waals surface area contributed by atoms with Gasteiger partial charge in [0.1, 0.15) is 5.82 Å². The second-order valence-electron chi connectivity index (χ2n) is 8.45. The number of anilines is 2. The summed E-state index contributed by atoms with van der Waals surface area (Å²) < 4.78 is 7.16. The SMILES string of the molecule is COC(=O)c1ccc(C2C(C(=O)Nc3ccccc3C)=C(C)Nc3c2c(=O)n(C)c(=O)n3C)cc1. The van der Waals surface area contributed by atoms with Crippen molar-refractivity contribution in [3.8, 4) is 0 Å². The Balaban J connectivity index is 1.93. The van der Waals surface area contributed by atoms with Crippen molar-refractivity contribution in [2.24, 2.45) is 14.1 Å². The highest BCUT2D eigenvalue weighted by molar-refractivity contribution is 6.07. The number of carbonyl (C=O) groups is 2. The van der Waals surface area contributed by atoms with E-state index in [0.29, 0.717) is 33.9 Å². The molecule has 0 spiro atoms. The zero-order valence-corrected chi connectivity index (χ0v) is 20.1. The van der Waals surface area contributed by atoms with E-state index in [4.69, 9.17) is 4.74 Å². The second-order valence-corrected chi connectivity index (χ2v) is 8.45. The van der Waals surface area contributed by atoms with E-state index in [1.54, 1.807) is 44.3 Å². The van der Waals surface area contributed by atoms with Gasteiger partial charge in [-0.3, -0.25) is 18.7 Å². The summed E-state index contributed by atoms with van der Waals surface area (Å²) in [6.07, 6.45) is 0. The number of ether oxygens (including phenoxy) is 1. The number of benzene rings is 2. The van der Waals surface area contributed by atoms with E-state index in [1.165, 1.54) is 18.7 Å². The number of esters is 1. The number of para-hydroxylation sites is 1.